The lowest BCUT2D eigenvalue weighted by Gasteiger charge is -2.29. The van der Waals surface area contributed by atoms with Crippen molar-refractivity contribution < 1.29 is 0 Å². The van der Waals surface area contributed by atoms with Gasteiger partial charge in [0.05, 0.1) is 0 Å². The highest BCUT2D eigenvalue weighted by atomic mass is 32.2. The maximum Gasteiger partial charge on any atom is 0.0402 e. The van der Waals surface area contributed by atoms with Crippen LogP contribution in [0.3, 0.4) is 0 Å². The maximum absolute atomic E-state index is 4.13. The summed E-state index contributed by atoms with van der Waals surface area (Å²) in [5.41, 5.74) is 2.50. The third-order valence-corrected chi connectivity index (χ3v) is 4.43. The first kappa shape index (κ1) is 11.8. The number of nitrogens with one attached hydrogen (secondary N) is 1. The molecular formula is C13H20N2S. The van der Waals surface area contributed by atoms with Crippen molar-refractivity contribution >= 4 is 17.4 Å². The zero-order chi connectivity index (χ0) is 11.4. The normalized spacial score (nSPS) is 25.4. The molecule has 1 aliphatic carbocycles. The standard InChI is InChI=1S/C13H20N2S/c1-10-9-14-7-6-13(10)15-11-4-3-5-12(8-11)16-2/h6-7,9,11-12H,3-5,8H2,1-2H3,(H,14,15). The lowest BCUT2D eigenvalue weighted by Crippen LogP contribution is -2.28. The number of pyridine rings is 1. The van der Waals surface area contributed by atoms with Crippen molar-refractivity contribution in [3.05, 3.63) is 24.0 Å². The predicted molar refractivity (Wildman–Crippen MR) is 72.2 cm³/mol. The van der Waals surface area contributed by atoms with Gasteiger partial charge in [-0.05, 0) is 44.1 Å². The zero-order valence-electron chi connectivity index (χ0n) is 10.1. The SMILES string of the molecule is CSC1CCCC(Nc2ccncc2C)C1. The Balaban J connectivity index is 1.97. The zero-order valence-corrected chi connectivity index (χ0v) is 10.9. The van der Waals surface area contributed by atoms with Gasteiger partial charge in [-0.2, -0.15) is 11.8 Å². The molecule has 2 unspecified atom stereocenters. The van der Waals surface area contributed by atoms with Crippen LogP contribution in [0.15, 0.2) is 18.5 Å². The van der Waals surface area contributed by atoms with Gasteiger partial charge in [0.15, 0.2) is 0 Å². The second kappa shape index (κ2) is 5.58. The summed E-state index contributed by atoms with van der Waals surface area (Å²) in [4.78, 5) is 4.13. The highest BCUT2D eigenvalue weighted by molar-refractivity contribution is 7.99. The van der Waals surface area contributed by atoms with Crippen molar-refractivity contribution in [1.82, 2.24) is 4.98 Å². The molecule has 1 saturated carbocycles. The van der Waals surface area contributed by atoms with Gasteiger partial charge in [0.2, 0.25) is 0 Å². The topological polar surface area (TPSA) is 24.9 Å². The fraction of sp³-hybridized carbons (Fsp3) is 0.615. The Morgan fingerprint density at radius 1 is 1.44 bits per heavy atom. The molecule has 88 valence electrons. The van der Waals surface area contributed by atoms with E-state index in [0.29, 0.717) is 6.04 Å². The van der Waals surface area contributed by atoms with Crippen molar-refractivity contribution in [2.75, 3.05) is 11.6 Å². The lowest BCUT2D eigenvalue weighted by atomic mass is 9.94. The fourth-order valence-corrected chi connectivity index (χ4v) is 3.17. The number of rotatable bonds is 3. The summed E-state index contributed by atoms with van der Waals surface area (Å²) < 4.78 is 0. The molecule has 0 bridgehead atoms. The highest BCUT2D eigenvalue weighted by Crippen LogP contribution is 2.29. The summed E-state index contributed by atoms with van der Waals surface area (Å²) in [7, 11) is 0. The van der Waals surface area contributed by atoms with Gasteiger partial charge in [-0.25, -0.2) is 0 Å². The van der Waals surface area contributed by atoms with Crippen LogP contribution >= 0.6 is 11.8 Å². The number of hydrogen-bond donors (Lipinski definition) is 1. The molecule has 0 aliphatic heterocycles. The number of nitrogens with zero attached hydrogens (tertiary/aromatic N) is 1. The average Bonchev–Trinajstić information content (AvgIpc) is 2.32. The van der Waals surface area contributed by atoms with Gasteiger partial charge in [0.25, 0.3) is 0 Å². The Morgan fingerprint density at radius 3 is 3.06 bits per heavy atom. The van der Waals surface area contributed by atoms with Gasteiger partial charge < -0.3 is 5.32 Å². The van der Waals surface area contributed by atoms with Crippen LogP contribution in [0.25, 0.3) is 0 Å². The van der Waals surface area contributed by atoms with Crippen LogP contribution < -0.4 is 5.32 Å². The quantitative estimate of drug-likeness (QED) is 0.869. The molecule has 2 rings (SSSR count). The average molecular weight is 236 g/mol. The molecule has 1 aliphatic rings. The number of thioether (sulfide) groups is 1. The van der Waals surface area contributed by atoms with E-state index >= 15 is 0 Å². The van der Waals surface area contributed by atoms with Crippen LogP contribution in [0.1, 0.15) is 31.2 Å². The van der Waals surface area contributed by atoms with Gasteiger partial charge in [0.1, 0.15) is 0 Å². The molecule has 2 atom stereocenters. The van der Waals surface area contributed by atoms with E-state index < -0.39 is 0 Å². The van der Waals surface area contributed by atoms with Crippen LogP contribution in [0, 0.1) is 6.92 Å². The molecule has 1 N–H and O–H groups in total. The molecule has 3 heteroatoms. The number of hydrogen-bond acceptors (Lipinski definition) is 3. The van der Waals surface area contributed by atoms with E-state index in [9.17, 15) is 0 Å². The van der Waals surface area contributed by atoms with Gasteiger partial charge in [-0.15, -0.1) is 0 Å². The molecule has 1 aromatic rings. The minimum absolute atomic E-state index is 0.646. The Labute approximate surface area is 102 Å². The highest BCUT2D eigenvalue weighted by Gasteiger charge is 2.21. The molecule has 0 aromatic carbocycles. The minimum atomic E-state index is 0.646. The van der Waals surface area contributed by atoms with E-state index in [1.165, 1.54) is 36.9 Å². The summed E-state index contributed by atoms with van der Waals surface area (Å²) >= 11 is 2.01. The third kappa shape index (κ3) is 2.91. The fourth-order valence-electron chi connectivity index (χ4n) is 2.35. The minimum Gasteiger partial charge on any atom is -0.382 e. The van der Waals surface area contributed by atoms with Crippen molar-refractivity contribution in [1.29, 1.82) is 0 Å². The Morgan fingerprint density at radius 2 is 2.31 bits per heavy atom. The first-order chi connectivity index (χ1) is 7.79. The Hall–Kier alpha value is -0.700. The monoisotopic (exact) mass is 236 g/mol. The third-order valence-electron chi connectivity index (χ3n) is 3.34. The van der Waals surface area contributed by atoms with Gasteiger partial charge in [-0.3, -0.25) is 4.98 Å². The molecule has 2 nitrogen and oxygen atoms in total. The summed E-state index contributed by atoms with van der Waals surface area (Å²) in [5.74, 6) is 0. The van der Waals surface area contributed by atoms with Crippen LogP contribution in [0.4, 0.5) is 5.69 Å². The van der Waals surface area contributed by atoms with E-state index in [-0.39, 0.29) is 0 Å². The summed E-state index contributed by atoms with van der Waals surface area (Å²) in [5, 5.41) is 4.50. The van der Waals surface area contributed by atoms with Gasteiger partial charge >= 0.3 is 0 Å². The number of aryl methyl sites for hydroxylation is 1. The predicted octanol–water partition coefficient (Wildman–Crippen LogP) is 3.48. The molecule has 1 heterocycles. The number of anilines is 1. The second-order valence-electron chi connectivity index (χ2n) is 4.56. The van der Waals surface area contributed by atoms with E-state index in [4.69, 9.17) is 0 Å². The smallest absolute Gasteiger partial charge is 0.0402 e. The summed E-state index contributed by atoms with van der Waals surface area (Å²) in [6.07, 6.45) is 11.4. The van der Waals surface area contributed by atoms with Gasteiger partial charge in [0, 0.05) is 29.4 Å². The molecule has 1 aromatic heterocycles. The summed E-state index contributed by atoms with van der Waals surface area (Å²) in [6, 6.07) is 2.73. The lowest BCUT2D eigenvalue weighted by molar-refractivity contribution is 0.473. The van der Waals surface area contributed by atoms with Crippen molar-refractivity contribution in [3.63, 3.8) is 0 Å². The molecule has 0 radical (unpaired) electrons. The number of aromatic nitrogens is 1. The van der Waals surface area contributed by atoms with E-state index in [1.807, 2.05) is 24.2 Å². The Kier molecular flexibility index (Phi) is 4.10. The first-order valence-corrected chi connectivity index (χ1v) is 7.28. The van der Waals surface area contributed by atoms with E-state index in [1.54, 1.807) is 0 Å². The molecule has 1 fully saturated rings. The van der Waals surface area contributed by atoms with Crippen LogP contribution in [0.5, 0.6) is 0 Å². The second-order valence-corrected chi connectivity index (χ2v) is 5.69. The molecular weight excluding hydrogens is 216 g/mol. The molecule has 0 spiro atoms. The van der Waals surface area contributed by atoms with E-state index in [0.717, 1.165) is 5.25 Å². The molecule has 0 saturated heterocycles. The van der Waals surface area contributed by atoms with Crippen molar-refractivity contribution in [2.24, 2.45) is 0 Å². The van der Waals surface area contributed by atoms with Crippen molar-refractivity contribution in [3.8, 4) is 0 Å². The largest absolute Gasteiger partial charge is 0.382 e. The van der Waals surface area contributed by atoms with Gasteiger partial charge in [-0.1, -0.05) is 6.42 Å². The molecule has 16 heavy (non-hydrogen) atoms. The summed E-state index contributed by atoms with van der Waals surface area (Å²) in [6.45, 7) is 2.12. The van der Waals surface area contributed by atoms with Crippen LogP contribution in [-0.2, 0) is 0 Å². The van der Waals surface area contributed by atoms with E-state index in [2.05, 4.69) is 29.5 Å². The van der Waals surface area contributed by atoms with Crippen LogP contribution in [0.2, 0.25) is 0 Å². The van der Waals surface area contributed by atoms with Crippen molar-refractivity contribution in [2.45, 2.75) is 43.9 Å². The maximum atomic E-state index is 4.13. The Bertz CT molecular complexity index is 340. The molecule has 0 amide bonds. The van der Waals surface area contributed by atoms with Crippen LogP contribution in [-0.4, -0.2) is 22.5 Å². The first-order valence-electron chi connectivity index (χ1n) is 5.99.